The average Bonchev–Trinajstić information content (AvgIpc) is 3.02. The van der Waals surface area contributed by atoms with Gasteiger partial charge in [0.1, 0.15) is 0 Å². The van der Waals surface area contributed by atoms with Crippen LogP contribution in [-0.4, -0.2) is 66.9 Å². The van der Waals surface area contributed by atoms with Crippen LogP contribution in [-0.2, 0) is 14.6 Å². The van der Waals surface area contributed by atoms with Crippen molar-refractivity contribution in [2.24, 2.45) is 5.92 Å². The fourth-order valence-electron chi connectivity index (χ4n) is 3.42. The van der Waals surface area contributed by atoms with Gasteiger partial charge in [0.15, 0.2) is 9.84 Å². The van der Waals surface area contributed by atoms with Crippen LogP contribution in [0.3, 0.4) is 0 Å². The number of hydrogen-bond acceptors (Lipinski definition) is 5. The molecule has 1 amide bonds. The quantitative estimate of drug-likeness (QED) is 0.780. The van der Waals surface area contributed by atoms with Gasteiger partial charge in [-0.2, -0.15) is 0 Å². The van der Waals surface area contributed by atoms with Crippen LogP contribution in [0, 0.1) is 5.92 Å². The Morgan fingerprint density at radius 2 is 1.91 bits per heavy atom. The number of nitrogens with one attached hydrogen (secondary N) is 1. The van der Waals surface area contributed by atoms with E-state index in [1.54, 1.807) is 11.8 Å². The Morgan fingerprint density at radius 3 is 2.45 bits per heavy atom. The lowest BCUT2D eigenvalue weighted by Gasteiger charge is -2.30. The molecule has 0 aromatic rings. The molecule has 0 radical (unpaired) electrons. The lowest BCUT2D eigenvalue weighted by atomic mass is 10.1. The van der Waals surface area contributed by atoms with Crippen LogP contribution in [0.2, 0.25) is 0 Å². The highest BCUT2D eigenvalue weighted by atomic mass is 32.2. The lowest BCUT2D eigenvalue weighted by molar-refractivity contribution is -0.122. The minimum atomic E-state index is -3.05. The van der Waals surface area contributed by atoms with Crippen molar-refractivity contribution in [3.63, 3.8) is 0 Å². The Balaban J connectivity index is 2.06. The van der Waals surface area contributed by atoms with Gasteiger partial charge >= 0.3 is 0 Å². The van der Waals surface area contributed by atoms with Crippen molar-refractivity contribution in [2.45, 2.75) is 50.9 Å². The molecule has 0 aliphatic carbocycles. The monoisotopic (exact) mass is 348 g/mol. The molecule has 2 rings (SSSR count). The van der Waals surface area contributed by atoms with Crippen LogP contribution >= 0.6 is 11.8 Å². The van der Waals surface area contributed by atoms with Gasteiger partial charge < -0.3 is 5.32 Å². The smallest absolute Gasteiger partial charge is 0.233 e. The van der Waals surface area contributed by atoms with Crippen LogP contribution in [0.25, 0.3) is 0 Å². The summed E-state index contributed by atoms with van der Waals surface area (Å²) in [5, 5.41) is 2.94. The Morgan fingerprint density at radius 1 is 1.27 bits per heavy atom. The molecule has 2 aliphatic rings. The highest BCUT2D eigenvalue weighted by molar-refractivity contribution is 8.00. The van der Waals surface area contributed by atoms with Crippen LogP contribution in [0.1, 0.15) is 33.6 Å². The van der Waals surface area contributed by atoms with Gasteiger partial charge in [-0.15, -0.1) is 11.8 Å². The van der Waals surface area contributed by atoms with Crippen LogP contribution < -0.4 is 5.32 Å². The van der Waals surface area contributed by atoms with E-state index in [0.29, 0.717) is 0 Å². The first kappa shape index (κ1) is 18.1. The molecule has 0 bridgehead atoms. The Bertz CT molecular complexity index is 487. The van der Waals surface area contributed by atoms with E-state index < -0.39 is 9.84 Å². The van der Waals surface area contributed by atoms with E-state index in [0.717, 1.165) is 31.7 Å². The minimum absolute atomic E-state index is 0.00635. The first-order valence-corrected chi connectivity index (χ1v) is 11.1. The maximum atomic E-state index is 12.6. The van der Waals surface area contributed by atoms with Gasteiger partial charge in [0.25, 0.3) is 0 Å². The van der Waals surface area contributed by atoms with Gasteiger partial charge in [-0.3, -0.25) is 9.69 Å². The maximum absolute atomic E-state index is 12.6. The van der Waals surface area contributed by atoms with Gasteiger partial charge in [0, 0.05) is 6.04 Å². The number of sulfone groups is 1. The number of hydrogen-bond donors (Lipinski definition) is 1. The molecule has 0 aromatic carbocycles. The van der Waals surface area contributed by atoms with Crippen molar-refractivity contribution in [1.29, 1.82) is 0 Å². The zero-order chi connectivity index (χ0) is 16.3. The predicted octanol–water partition coefficient (Wildman–Crippen LogP) is 1.14. The van der Waals surface area contributed by atoms with Crippen molar-refractivity contribution in [3.8, 4) is 0 Å². The Kier molecular flexibility index (Phi) is 6.19. The van der Waals surface area contributed by atoms with Crippen LogP contribution in [0.5, 0.6) is 0 Å². The molecule has 2 saturated heterocycles. The number of thioether (sulfide) groups is 1. The molecule has 2 heterocycles. The Labute approximate surface area is 138 Å². The van der Waals surface area contributed by atoms with Crippen molar-refractivity contribution < 1.29 is 13.2 Å². The summed E-state index contributed by atoms with van der Waals surface area (Å²) in [5.41, 5.74) is 0. The third-order valence-electron chi connectivity index (χ3n) is 4.47. The fourth-order valence-corrected chi connectivity index (χ4v) is 6.33. The van der Waals surface area contributed by atoms with E-state index in [1.807, 2.05) is 20.8 Å². The minimum Gasteiger partial charge on any atom is -0.350 e. The summed E-state index contributed by atoms with van der Waals surface area (Å²) in [6.45, 7) is 8.01. The summed E-state index contributed by atoms with van der Waals surface area (Å²) < 4.78 is 24.1. The van der Waals surface area contributed by atoms with Gasteiger partial charge in [0.2, 0.25) is 5.91 Å². The van der Waals surface area contributed by atoms with Gasteiger partial charge in [0.05, 0.1) is 22.8 Å². The van der Waals surface area contributed by atoms with E-state index in [-0.39, 0.29) is 40.7 Å². The molecule has 0 aromatic heterocycles. The van der Waals surface area contributed by atoms with Crippen molar-refractivity contribution in [3.05, 3.63) is 0 Å². The Hall–Kier alpha value is -0.270. The zero-order valence-electron chi connectivity index (χ0n) is 13.7. The van der Waals surface area contributed by atoms with E-state index in [4.69, 9.17) is 0 Å². The van der Waals surface area contributed by atoms with Gasteiger partial charge in [-0.05, 0) is 37.6 Å². The molecule has 128 valence electrons. The van der Waals surface area contributed by atoms with Crippen LogP contribution in [0.4, 0.5) is 0 Å². The third-order valence-corrected chi connectivity index (χ3v) is 7.64. The number of rotatable bonds is 6. The topological polar surface area (TPSA) is 66.5 Å². The summed E-state index contributed by atoms with van der Waals surface area (Å²) in [6, 6.07) is -0.301. The van der Waals surface area contributed by atoms with Crippen molar-refractivity contribution in [1.82, 2.24) is 10.2 Å². The van der Waals surface area contributed by atoms with E-state index in [2.05, 4.69) is 10.2 Å². The largest absolute Gasteiger partial charge is 0.350 e. The summed E-state index contributed by atoms with van der Waals surface area (Å²) in [6.07, 6.45) is 2.25. The number of likely N-dealkylation sites (tertiary alicyclic amines) is 1. The first-order chi connectivity index (χ1) is 10.3. The van der Waals surface area contributed by atoms with E-state index >= 15 is 0 Å². The average molecular weight is 349 g/mol. The molecule has 0 unspecified atom stereocenters. The molecule has 2 fully saturated rings. The second-order valence-electron chi connectivity index (χ2n) is 6.62. The standard InChI is InChI=1S/C15H28N2O3S2/c1-4-21-14(11(2)3)15(18)16-12-9-22(19,20)10-13(12)17-7-5-6-8-17/h11-14H,4-10H2,1-3H3,(H,16,18)/t12-,13+,14+/m1/s1. The molecular formula is C15H28N2O3S2. The zero-order valence-corrected chi connectivity index (χ0v) is 15.4. The van der Waals surface area contributed by atoms with Crippen molar-refractivity contribution >= 4 is 27.5 Å². The van der Waals surface area contributed by atoms with Gasteiger partial charge in [-0.25, -0.2) is 8.42 Å². The highest BCUT2D eigenvalue weighted by Gasteiger charge is 2.43. The number of amides is 1. The number of carbonyl (C=O) groups excluding carboxylic acids is 1. The third kappa shape index (κ3) is 4.38. The van der Waals surface area contributed by atoms with Crippen LogP contribution in [0.15, 0.2) is 0 Å². The van der Waals surface area contributed by atoms with Gasteiger partial charge in [-0.1, -0.05) is 20.8 Å². The highest BCUT2D eigenvalue weighted by Crippen LogP contribution is 2.24. The second-order valence-corrected chi connectivity index (χ2v) is 10.2. The number of nitrogens with zero attached hydrogens (tertiary/aromatic N) is 1. The molecular weight excluding hydrogens is 320 g/mol. The molecule has 0 spiro atoms. The van der Waals surface area contributed by atoms with Crippen molar-refractivity contribution in [2.75, 3.05) is 30.3 Å². The molecule has 2 aliphatic heterocycles. The summed E-state index contributed by atoms with van der Waals surface area (Å²) in [7, 11) is -3.05. The molecule has 7 heteroatoms. The fraction of sp³-hybridized carbons (Fsp3) is 0.933. The molecule has 0 saturated carbocycles. The molecule has 22 heavy (non-hydrogen) atoms. The first-order valence-electron chi connectivity index (χ1n) is 8.20. The SMILES string of the molecule is CCS[C@H](C(=O)N[C@@H]1CS(=O)(=O)C[C@@H]1N1CCCC1)C(C)C. The second kappa shape index (κ2) is 7.53. The summed E-state index contributed by atoms with van der Waals surface area (Å²) in [4.78, 5) is 14.8. The van der Waals surface area contributed by atoms with E-state index in [9.17, 15) is 13.2 Å². The maximum Gasteiger partial charge on any atom is 0.233 e. The molecule has 5 nitrogen and oxygen atoms in total. The lowest BCUT2D eigenvalue weighted by Crippen LogP contribution is -2.52. The molecule has 3 atom stereocenters. The van der Waals surface area contributed by atoms with E-state index in [1.165, 1.54) is 0 Å². The summed E-state index contributed by atoms with van der Waals surface area (Å²) in [5.74, 6) is 1.39. The summed E-state index contributed by atoms with van der Waals surface area (Å²) >= 11 is 1.63. The molecule has 1 N–H and O–H groups in total. The predicted molar refractivity (Wildman–Crippen MR) is 91.9 cm³/mol. The normalized spacial score (nSPS) is 29.8. The number of carbonyl (C=O) groups is 1.